The van der Waals surface area contributed by atoms with Crippen LogP contribution in [0.3, 0.4) is 0 Å². The maximum Gasteiger partial charge on any atom is 0.244 e. The molecular formula is C23H31N3O4S. The second-order valence-electron chi connectivity index (χ2n) is 7.65. The first kappa shape index (κ1) is 24.4. The zero-order valence-electron chi connectivity index (χ0n) is 18.8. The number of benzene rings is 2. The molecule has 1 atom stereocenters. The van der Waals surface area contributed by atoms with Crippen LogP contribution in [0.25, 0.3) is 0 Å². The first-order chi connectivity index (χ1) is 14.6. The number of nitrogens with one attached hydrogen (secondary N) is 1. The fraction of sp³-hybridized carbons (Fsp3) is 0.391. The molecule has 0 aromatic heterocycles. The van der Waals surface area contributed by atoms with E-state index in [1.165, 1.54) is 11.9 Å². The van der Waals surface area contributed by atoms with Crippen molar-refractivity contribution in [1.82, 2.24) is 10.2 Å². The minimum atomic E-state index is -3.71. The molecule has 2 aromatic carbocycles. The smallest absolute Gasteiger partial charge is 0.244 e. The summed E-state index contributed by atoms with van der Waals surface area (Å²) < 4.78 is 26.0. The minimum absolute atomic E-state index is 0.205. The fourth-order valence-electron chi connectivity index (χ4n) is 3.30. The minimum Gasteiger partial charge on any atom is -0.357 e. The maximum absolute atomic E-state index is 13.4. The largest absolute Gasteiger partial charge is 0.357 e. The summed E-state index contributed by atoms with van der Waals surface area (Å²) in [5.41, 5.74) is 3.34. The van der Waals surface area contributed by atoms with Crippen LogP contribution in [0.4, 0.5) is 5.69 Å². The van der Waals surface area contributed by atoms with Gasteiger partial charge in [-0.2, -0.15) is 0 Å². The number of carbonyl (C=O) groups excluding carboxylic acids is 2. The molecule has 0 saturated heterocycles. The number of hydrogen-bond donors (Lipinski definition) is 1. The third kappa shape index (κ3) is 6.55. The van der Waals surface area contributed by atoms with Gasteiger partial charge in [-0.25, -0.2) is 8.42 Å². The standard InChI is InChI=1S/C23H31N3O4S/c1-6-21(23(28)24-4)25(15-19-11-7-17(2)8-12-19)22(27)16-26(31(5,29)30)20-13-9-18(3)10-14-20/h7-14,21H,6,15-16H2,1-5H3,(H,24,28). The van der Waals surface area contributed by atoms with Crippen LogP contribution in [0.1, 0.15) is 30.0 Å². The molecule has 8 heteroatoms. The molecule has 1 N–H and O–H groups in total. The first-order valence-corrected chi connectivity index (χ1v) is 12.0. The monoisotopic (exact) mass is 445 g/mol. The van der Waals surface area contributed by atoms with Gasteiger partial charge in [-0.3, -0.25) is 13.9 Å². The van der Waals surface area contributed by atoms with E-state index in [-0.39, 0.29) is 19.0 Å². The van der Waals surface area contributed by atoms with Crippen LogP contribution in [0.15, 0.2) is 48.5 Å². The van der Waals surface area contributed by atoms with Crippen LogP contribution >= 0.6 is 0 Å². The highest BCUT2D eigenvalue weighted by atomic mass is 32.2. The summed E-state index contributed by atoms with van der Waals surface area (Å²) in [5.74, 6) is -0.730. The number of amides is 2. The Bertz CT molecular complexity index is 1000. The van der Waals surface area contributed by atoms with Gasteiger partial charge in [-0.1, -0.05) is 54.4 Å². The lowest BCUT2D eigenvalue weighted by molar-refractivity contribution is -0.140. The highest BCUT2D eigenvalue weighted by Gasteiger charge is 2.31. The Balaban J connectivity index is 2.40. The Morgan fingerprint density at radius 3 is 1.94 bits per heavy atom. The predicted molar refractivity (Wildman–Crippen MR) is 123 cm³/mol. The third-order valence-electron chi connectivity index (χ3n) is 5.11. The summed E-state index contributed by atoms with van der Waals surface area (Å²) in [6.07, 6.45) is 1.47. The quantitative estimate of drug-likeness (QED) is 0.643. The molecule has 168 valence electrons. The van der Waals surface area contributed by atoms with Crippen molar-refractivity contribution in [3.8, 4) is 0 Å². The van der Waals surface area contributed by atoms with Crippen molar-refractivity contribution in [3.05, 3.63) is 65.2 Å². The lowest BCUT2D eigenvalue weighted by Crippen LogP contribution is -2.51. The number of rotatable bonds is 9. The summed E-state index contributed by atoms with van der Waals surface area (Å²) in [6, 6.07) is 13.9. The van der Waals surface area contributed by atoms with Crippen LogP contribution in [0.2, 0.25) is 0 Å². The van der Waals surface area contributed by atoms with E-state index in [0.29, 0.717) is 12.1 Å². The number of hydrogen-bond acceptors (Lipinski definition) is 4. The molecular weight excluding hydrogens is 414 g/mol. The molecule has 31 heavy (non-hydrogen) atoms. The van der Waals surface area contributed by atoms with E-state index in [1.807, 2.05) is 45.0 Å². The van der Waals surface area contributed by atoms with Crippen molar-refractivity contribution in [2.24, 2.45) is 0 Å². The van der Waals surface area contributed by atoms with Crippen molar-refractivity contribution in [1.29, 1.82) is 0 Å². The normalized spacial score (nSPS) is 12.2. The molecule has 0 aliphatic rings. The zero-order chi connectivity index (χ0) is 23.2. The maximum atomic E-state index is 13.4. The first-order valence-electron chi connectivity index (χ1n) is 10.2. The average molecular weight is 446 g/mol. The summed E-state index contributed by atoms with van der Waals surface area (Å²) in [7, 11) is -2.19. The molecule has 0 heterocycles. The lowest BCUT2D eigenvalue weighted by Gasteiger charge is -2.32. The van der Waals surface area contributed by atoms with Gasteiger partial charge in [0.15, 0.2) is 0 Å². The number of anilines is 1. The van der Waals surface area contributed by atoms with Gasteiger partial charge < -0.3 is 10.2 Å². The fourth-order valence-corrected chi connectivity index (χ4v) is 4.15. The van der Waals surface area contributed by atoms with Gasteiger partial charge in [-0.05, 0) is 38.0 Å². The molecule has 0 spiro atoms. The Morgan fingerprint density at radius 2 is 1.48 bits per heavy atom. The molecule has 2 amide bonds. The van der Waals surface area contributed by atoms with Crippen molar-refractivity contribution < 1.29 is 18.0 Å². The third-order valence-corrected chi connectivity index (χ3v) is 6.25. The van der Waals surface area contributed by atoms with Crippen LogP contribution in [0.5, 0.6) is 0 Å². The Morgan fingerprint density at radius 1 is 0.968 bits per heavy atom. The Labute approximate surface area is 185 Å². The van der Waals surface area contributed by atoms with Crippen LogP contribution in [-0.4, -0.2) is 51.0 Å². The summed E-state index contributed by atoms with van der Waals surface area (Å²) >= 11 is 0. The van der Waals surface area contributed by atoms with Gasteiger partial charge in [-0.15, -0.1) is 0 Å². The Hall–Kier alpha value is -2.87. The molecule has 0 saturated carbocycles. The van der Waals surface area contributed by atoms with E-state index in [2.05, 4.69) is 5.32 Å². The van der Waals surface area contributed by atoms with Gasteiger partial charge >= 0.3 is 0 Å². The molecule has 0 aliphatic heterocycles. The van der Waals surface area contributed by atoms with E-state index in [9.17, 15) is 18.0 Å². The molecule has 0 bridgehead atoms. The van der Waals surface area contributed by atoms with Crippen molar-refractivity contribution >= 4 is 27.5 Å². The SMILES string of the molecule is CCC(C(=O)NC)N(Cc1ccc(C)cc1)C(=O)CN(c1ccc(C)cc1)S(C)(=O)=O. The molecule has 1 unspecified atom stereocenters. The van der Waals surface area contributed by atoms with E-state index in [0.717, 1.165) is 27.3 Å². The van der Waals surface area contributed by atoms with E-state index < -0.39 is 22.0 Å². The van der Waals surface area contributed by atoms with E-state index in [1.54, 1.807) is 24.3 Å². The summed E-state index contributed by atoms with van der Waals surface area (Å²) in [5, 5.41) is 2.60. The highest BCUT2D eigenvalue weighted by Crippen LogP contribution is 2.20. The number of likely N-dealkylation sites (N-methyl/N-ethyl adjacent to an activating group) is 1. The zero-order valence-corrected chi connectivity index (χ0v) is 19.6. The van der Waals surface area contributed by atoms with Gasteiger partial charge in [0, 0.05) is 13.6 Å². The lowest BCUT2D eigenvalue weighted by atomic mass is 10.1. The van der Waals surface area contributed by atoms with Crippen molar-refractivity contribution in [2.75, 3.05) is 24.2 Å². The number of carbonyl (C=O) groups is 2. The van der Waals surface area contributed by atoms with Crippen LogP contribution < -0.4 is 9.62 Å². The topological polar surface area (TPSA) is 86.8 Å². The summed E-state index contributed by atoms with van der Waals surface area (Å²) in [6.45, 7) is 5.51. The number of sulfonamides is 1. The van der Waals surface area contributed by atoms with E-state index >= 15 is 0 Å². The average Bonchev–Trinajstić information content (AvgIpc) is 2.72. The molecule has 2 rings (SSSR count). The molecule has 0 fully saturated rings. The van der Waals surface area contributed by atoms with Gasteiger partial charge in [0.2, 0.25) is 21.8 Å². The predicted octanol–water partition coefficient (Wildman–Crippen LogP) is 2.62. The van der Waals surface area contributed by atoms with Crippen LogP contribution in [-0.2, 0) is 26.2 Å². The van der Waals surface area contributed by atoms with Gasteiger partial charge in [0.1, 0.15) is 12.6 Å². The summed E-state index contributed by atoms with van der Waals surface area (Å²) in [4.78, 5) is 27.3. The van der Waals surface area contributed by atoms with Crippen molar-refractivity contribution in [2.45, 2.75) is 39.8 Å². The molecule has 0 radical (unpaired) electrons. The molecule has 0 aliphatic carbocycles. The second kappa shape index (κ2) is 10.4. The van der Waals surface area contributed by atoms with Crippen LogP contribution in [0, 0.1) is 13.8 Å². The molecule has 7 nitrogen and oxygen atoms in total. The van der Waals surface area contributed by atoms with Gasteiger partial charge in [0.25, 0.3) is 0 Å². The number of nitrogens with zero attached hydrogens (tertiary/aromatic N) is 2. The van der Waals surface area contributed by atoms with Gasteiger partial charge in [0.05, 0.1) is 11.9 Å². The van der Waals surface area contributed by atoms with E-state index in [4.69, 9.17) is 0 Å². The van der Waals surface area contributed by atoms with Crippen molar-refractivity contribution in [3.63, 3.8) is 0 Å². The highest BCUT2D eigenvalue weighted by molar-refractivity contribution is 7.92. The number of aryl methyl sites for hydroxylation is 2. The Kier molecular flexibility index (Phi) is 8.21. The molecule has 2 aromatic rings. The second-order valence-corrected chi connectivity index (χ2v) is 9.56.